The van der Waals surface area contributed by atoms with E-state index in [-0.39, 0.29) is 5.91 Å². The maximum atomic E-state index is 12.4. The van der Waals surface area contributed by atoms with Crippen LogP contribution in [0, 0.1) is 6.92 Å². The van der Waals surface area contributed by atoms with E-state index in [0.29, 0.717) is 38.2 Å². The van der Waals surface area contributed by atoms with Crippen molar-refractivity contribution in [2.24, 2.45) is 0 Å². The van der Waals surface area contributed by atoms with Crippen molar-refractivity contribution < 1.29 is 14.3 Å². The van der Waals surface area contributed by atoms with Gasteiger partial charge in [0.05, 0.1) is 17.6 Å². The van der Waals surface area contributed by atoms with Gasteiger partial charge in [-0.25, -0.2) is 4.79 Å². The number of thiophene rings is 1. The second-order valence-electron chi connectivity index (χ2n) is 7.45. The largest absolute Gasteiger partial charge is 0.465 e. The number of thiocarbonyl (C=S) groups is 1. The zero-order valence-corrected chi connectivity index (χ0v) is 19.1. The molecule has 0 aliphatic carbocycles. The highest BCUT2D eigenvalue weighted by Gasteiger charge is 2.27. The lowest BCUT2D eigenvalue weighted by Gasteiger charge is -2.35. The van der Waals surface area contributed by atoms with Crippen LogP contribution in [-0.4, -0.2) is 73.2 Å². The fraction of sp³-hybridized carbons (Fsp3) is 0.632. The number of anilines is 1. The minimum Gasteiger partial charge on any atom is -0.465 e. The van der Waals surface area contributed by atoms with Crippen molar-refractivity contribution in [1.29, 1.82) is 0 Å². The molecule has 1 aromatic rings. The molecule has 0 bridgehead atoms. The number of esters is 1. The number of likely N-dealkylation sites (tertiary alicyclic amines) is 1. The van der Waals surface area contributed by atoms with E-state index in [1.54, 1.807) is 21.0 Å². The van der Waals surface area contributed by atoms with Crippen LogP contribution in [-0.2, 0) is 4.74 Å². The maximum Gasteiger partial charge on any atom is 0.341 e. The van der Waals surface area contributed by atoms with E-state index in [1.165, 1.54) is 23.3 Å². The lowest BCUT2D eigenvalue weighted by molar-refractivity contribution is 0.0601. The summed E-state index contributed by atoms with van der Waals surface area (Å²) in [5, 5.41) is 7.45. The second kappa shape index (κ2) is 9.67. The predicted molar refractivity (Wildman–Crippen MR) is 118 cm³/mol. The summed E-state index contributed by atoms with van der Waals surface area (Å²) in [6.07, 6.45) is 2.02. The van der Waals surface area contributed by atoms with Crippen molar-refractivity contribution in [1.82, 2.24) is 15.1 Å². The van der Waals surface area contributed by atoms with Gasteiger partial charge in [-0.3, -0.25) is 4.79 Å². The number of rotatable bonds is 5. The molecule has 0 spiro atoms. The predicted octanol–water partition coefficient (Wildman–Crippen LogP) is 2.70. The Kier molecular flexibility index (Phi) is 7.79. The zero-order valence-electron chi connectivity index (χ0n) is 17.4. The van der Waals surface area contributed by atoms with Gasteiger partial charge in [0.25, 0.3) is 5.91 Å². The third-order valence-corrected chi connectivity index (χ3v) is 6.37. The Balaban J connectivity index is 2.12. The number of carbonyl (C=O) groups excluding carboxylic acids is 2. The Labute approximate surface area is 176 Å². The summed E-state index contributed by atoms with van der Waals surface area (Å²) in [6.45, 7) is 8.23. The van der Waals surface area contributed by atoms with Crippen LogP contribution < -0.4 is 10.6 Å². The summed E-state index contributed by atoms with van der Waals surface area (Å²) >= 11 is 6.70. The van der Waals surface area contributed by atoms with Crippen LogP contribution in [0.2, 0.25) is 0 Å². The molecule has 0 atom stereocenters. The first kappa shape index (κ1) is 22.6. The molecule has 2 rings (SSSR count). The van der Waals surface area contributed by atoms with Crippen LogP contribution in [0.1, 0.15) is 52.3 Å². The zero-order chi connectivity index (χ0) is 21.0. The Hall–Kier alpha value is -1.71. The summed E-state index contributed by atoms with van der Waals surface area (Å²) in [5.74, 6) is -0.636. The lowest BCUT2D eigenvalue weighted by atomic mass is 10.0. The highest BCUT2D eigenvalue weighted by Crippen LogP contribution is 2.34. The number of hydrogen-bond acceptors (Lipinski definition) is 6. The van der Waals surface area contributed by atoms with E-state index in [9.17, 15) is 9.59 Å². The lowest BCUT2D eigenvalue weighted by Crippen LogP contribution is -2.47. The molecular formula is C19H30N4O3S2. The molecule has 0 unspecified atom stereocenters. The number of nitrogens with one attached hydrogen (secondary N) is 2. The van der Waals surface area contributed by atoms with Crippen molar-refractivity contribution in [2.75, 3.05) is 39.6 Å². The quantitative estimate of drug-likeness (QED) is 0.554. The van der Waals surface area contributed by atoms with Crippen LogP contribution in [0.15, 0.2) is 0 Å². The molecule has 7 nitrogen and oxygen atoms in total. The first-order chi connectivity index (χ1) is 13.1. The topological polar surface area (TPSA) is 73.9 Å². The molecule has 9 heteroatoms. The summed E-state index contributed by atoms with van der Waals surface area (Å²) in [5.41, 5.74) is 0.961. The van der Waals surface area contributed by atoms with Crippen molar-refractivity contribution in [3.05, 3.63) is 16.0 Å². The molecule has 28 heavy (non-hydrogen) atoms. The van der Waals surface area contributed by atoms with E-state index in [2.05, 4.69) is 29.4 Å². The third-order valence-electron chi connectivity index (χ3n) is 4.96. The molecule has 1 aliphatic rings. The molecule has 1 aliphatic heterocycles. The highest BCUT2D eigenvalue weighted by molar-refractivity contribution is 7.80. The Morgan fingerprint density at radius 2 is 1.89 bits per heavy atom. The fourth-order valence-corrected chi connectivity index (χ4v) is 4.80. The van der Waals surface area contributed by atoms with Crippen LogP contribution >= 0.6 is 23.6 Å². The van der Waals surface area contributed by atoms with E-state index < -0.39 is 5.97 Å². The van der Waals surface area contributed by atoms with Crippen LogP contribution in [0.25, 0.3) is 0 Å². The number of piperidine rings is 1. The molecular weight excluding hydrogens is 396 g/mol. The van der Waals surface area contributed by atoms with Gasteiger partial charge in [0.1, 0.15) is 5.00 Å². The van der Waals surface area contributed by atoms with Crippen molar-refractivity contribution in [3.8, 4) is 0 Å². The molecule has 2 N–H and O–H groups in total. The van der Waals surface area contributed by atoms with E-state index in [4.69, 9.17) is 17.0 Å². The molecule has 1 fully saturated rings. The molecule has 0 radical (unpaired) electrons. The van der Waals surface area contributed by atoms with Gasteiger partial charge in [0, 0.05) is 39.3 Å². The normalized spacial score (nSPS) is 15.4. The number of ether oxygens (including phenoxy) is 1. The molecule has 0 aromatic carbocycles. The van der Waals surface area contributed by atoms with Gasteiger partial charge in [-0.05, 0) is 51.4 Å². The van der Waals surface area contributed by atoms with E-state index >= 15 is 0 Å². The van der Waals surface area contributed by atoms with Crippen molar-refractivity contribution in [3.63, 3.8) is 0 Å². The summed E-state index contributed by atoms with van der Waals surface area (Å²) in [4.78, 5) is 29.2. The van der Waals surface area contributed by atoms with Crippen LogP contribution in [0.4, 0.5) is 5.00 Å². The van der Waals surface area contributed by atoms with Crippen LogP contribution in [0.3, 0.4) is 0 Å². The Morgan fingerprint density at radius 3 is 2.39 bits per heavy atom. The third kappa shape index (κ3) is 5.21. The highest BCUT2D eigenvalue weighted by atomic mass is 32.1. The number of methoxy groups -OCH3 is 1. The standard InChI is InChI=1S/C19H30N4O3S2/c1-11(2)23-9-7-13(8-10-23)20-19(27)21-16-14(18(25)26-6)12(3)15(28-16)17(24)22(4)5/h11,13H,7-10H2,1-6H3,(H2,20,21,27). The maximum absolute atomic E-state index is 12.4. The van der Waals surface area contributed by atoms with Gasteiger partial charge in [0.2, 0.25) is 0 Å². The van der Waals surface area contributed by atoms with Gasteiger partial charge in [-0.15, -0.1) is 11.3 Å². The average Bonchev–Trinajstić information content (AvgIpc) is 2.96. The van der Waals surface area contributed by atoms with Crippen LogP contribution in [0.5, 0.6) is 0 Å². The number of nitrogens with zero attached hydrogens (tertiary/aromatic N) is 2. The van der Waals surface area contributed by atoms with E-state index in [1.807, 2.05) is 0 Å². The summed E-state index contributed by atoms with van der Waals surface area (Å²) in [6, 6.07) is 0.843. The van der Waals surface area contributed by atoms with Crippen molar-refractivity contribution in [2.45, 2.75) is 45.7 Å². The smallest absolute Gasteiger partial charge is 0.341 e. The summed E-state index contributed by atoms with van der Waals surface area (Å²) < 4.78 is 4.91. The summed E-state index contributed by atoms with van der Waals surface area (Å²) in [7, 11) is 4.69. The van der Waals surface area contributed by atoms with Crippen molar-refractivity contribution >= 4 is 45.5 Å². The second-order valence-corrected chi connectivity index (χ2v) is 8.88. The molecule has 1 saturated heterocycles. The van der Waals surface area contributed by atoms with Gasteiger partial charge in [-0.2, -0.15) is 0 Å². The molecule has 2 heterocycles. The van der Waals surface area contributed by atoms with Gasteiger partial charge in [-0.1, -0.05) is 0 Å². The molecule has 1 amide bonds. The monoisotopic (exact) mass is 426 g/mol. The Bertz CT molecular complexity index is 738. The van der Waals surface area contributed by atoms with E-state index in [0.717, 1.165) is 25.9 Å². The average molecular weight is 427 g/mol. The fourth-order valence-electron chi connectivity index (χ4n) is 3.24. The minimum atomic E-state index is -0.484. The molecule has 156 valence electrons. The first-order valence-electron chi connectivity index (χ1n) is 9.40. The number of hydrogen-bond donors (Lipinski definition) is 2. The number of amides is 1. The molecule has 0 saturated carbocycles. The molecule has 1 aromatic heterocycles. The SMILES string of the molecule is COC(=O)c1c(NC(=S)NC2CCN(C(C)C)CC2)sc(C(=O)N(C)C)c1C. The first-order valence-corrected chi connectivity index (χ1v) is 10.6. The number of carbonyl (C=O) groups is 2. The minimum absolute atomic E-state index is 0.152. The van der Waals surface area contributed by atoms with Gasteiger partial charge >= 0.3 is 5.97 Å². The Morgan fingerprint density at radius 1 is 1.29 bits per heavy atom. The van der Waals surface area contributed by atoms with Gasteiger partial charge < -0.3 is 25.2 Å². The van der Waals surface area contributed by atoms with Gasteiger partial charge in [0.15, 0.2) is 5.11 Å².